The lowest BCUT2D eigenvalue weighted by Crippen LogP contribution is -2.48. The van der Waals surface area contributed by atoms with E-state index >= 15 is 0 Å². The van der Waals surface area contributed by atoms with Crippen molar-refractivity contribution in [2.24, 2.45) is 5.92 Å². The van der Waals surface area contributed by atoms with Crippen LogP contribution in [0.25, 0.3) is 0 Å². The number of hydrogen-bond donors (Lipinski definition) is 0. The highest BCUT2D eigenvalue weighted by molar-refractivity contribution is 5.98. The minimum absolute atomic E-state index is 0.0163. The number of rotatable bonds is 10. The number of allylic oxidation sites excluding steroid dienone is 3. The summed E-state index contributed by atoms with van der Waals surface area (Å²) in [6.07, 6.45) is -2.59. The van der Waals surface area contributed by atoms with Gasteiger partial charge in [-0.2, -0.15) is 13.2 Å². The van der Waals surface area contributed by atoms with Crippen molar-refractivity contribution < 1.29 is 27.4 Å². The molecule has 0 saturated heterocycles. The average molecular weight is 425 g/mol. The molecule has 166 valence electrons. The molecule has 1 aliphatic rings. The zero-order valence-electron chi connectivity index (χ0n) is 18.1. The smallest absolute Gasteiger partial charge is 0.342 e. The zero-order chi connectivity index (χ0) is 22.5. The maximum Gasteiger partial charge on any atom is 0.448 e. The highest BCUT2D eigenvalue weighted by Gasteiger charge is 2.59. The molecule has 0 aromatic heterocycles. The van der Waals surface area contributed by atoms with E-state index in [4.69, 9.17) is 9.47 Å². The third-order valence-corrected chi connectivity index (χ3v) is 5.83. The molecule has 0 spiro atoms. The summed E-state index contributed by atoms with van der Waals surface area (Å²) in [5.41, 5.74) is 2.78. The summed E-state index contributed by atoms with van der Waals surface area (Å²) in [5, 5.41) is 0. The Hall–Kier alpha value is -1.92. The first-order chi connectivity index (χ1) is 14.0. The van der Waals surface area contributed by atoms with Gasteiger partial charge in [-0.25, -0.2) is 0 Å². The number of carbonyl (C=O) groups excluding carboxylic acids is 1. The maximum absolute atomic E-state index is 14.0. The average Bonchev–Trinajstić information content (AvgIpc) is 3.00. The number of ether oxygens (including phenoxy) is 2. The monoisotopic (exact) mass is 424 g/mol. The van der Waals surface area contributed by atoms with E-state index in [0.717, 1.165) is 30.2 Å². The number of methoxy groups -OCH3 is 1. The van der Waals surface area contributed by atoms with Gasteiger partial charge in [0.25, 0.3) is 5.79 Å². The SMILES string of the molecule is C=C(C)C(CC[C@@H](C)O[C@@](OC)(c1ccccc1)C(F)(F)F)CC1=C(C)CCC1=O. The number of benzene rings is 1. The van der Waals surface area contributed by atoms with E-state index in [1.807, 2.05) is 13.8 Å². The second kappa shape index (κ2) is 9.92. The number of ketones is 1. The van der Waals surface area contributed by atoms with Crippen molar-refractivity contribution in [2.45, 2.75) is 70.9 Å². The summed E-state index contributed by atoms with van der Waals surface area (Å²) in [5.74, 6) is -2.64. The molecule has 3 nitrogen and oxygen atoms in total. The van der Waals surface area contributed by atoms with Gasteiger partial charge in [0.15, 0.2) is 5.78 Å². The van der Waals surface area contributed by atoms with Gasteiger partial charge in [0.1, 0.15) is 0 Å². The topological polar surface area (TPSA) is 35.5 Å². The predicted molar refractivity (Wildman–Crippen MR) is 111 cm³/mol. The Kier molecular flexibility index (Phi) is 8.06. The molecule has 0 bridgehead atoms. The summed E-state index contributed by atoms with van der Waals surface area (Å²) < 4.78 is 52.4. The van der Waals surface area contributed by atoms with E-state index in [-0.39, 0.29) is 17.3 Å². The summed E-state index contributed by atoms with van der Waals surface area (Å²) >= 11 is 0. The van der Waals surface area contributed by atoms with E-state index in [9.17, 15) is 18.0 Å². The summed E-state index contributed by atoms with van der Waals surface area (Å²) in [7, 11) is 1.00. The van der Waals surface area contributed by atoms with Crippen LogP contribution in [-0.2, 0) is 20.1 Å². The summed E-state index contributed by atoms with van der Waals surface area (Å²) in [6, 6.07) is 7.38. The quantitative estimate of drug-likeness (QED) is 0.318. The van der Waals surface area contributed by atoms with Crippen molar-refractivity contribution in [3.8, 4) is 0 Å². The lowest BCUT2D eigenvalue weighted by atomic mass is 9.87. The second-order valence-electron chi connectivity index (χ2n) is 8.12. The highest BCUT2D eigenvalue weighted by Crippen LogP contribution is 2.44. The van der Waals surface area contributed by atoms with Gasteiger partial charge < -0.3 is 9.47 Å². The van der Waals surface area contributed by atoms with Crippen LogP contribution in [0.3, 0.4) is 0 Å². The third-order valence-electron chi connectivity index (χ3n) is 5.83. The Morgan fingerprint density at radius 3 is 2.27 bits per heavy atom. The van der Waals surface area contributed by atoms with Crippen LogP contribution in [-0.4, -0.2) is 25.2 Å². The number of halogens is 3. The third kappa shape index (κ3) is 5.41. The standard InChI is InChI=1S/C24H31F3O3/c1-16(2)19(15-21-17(3)11-14-22(21)28)13-12-18(4)30-23(29-5,24(25,26)27)20-9-7-6-8-10-20/h6-10,18-19H,1,11-15H2,2-5H3/t18-,19?,23+/m1/s1. The number of alkyl halides is 3. The summed E-state index contributed by atoms with van der Waals surface area (Å²) in [4.78, 5) is 12.1. The largest absolute Gasteiger partial charge is 0.448 e. The Morgan fingerprint density at radius 1 is 1.17 bits per heavy atom. The zero-order valence-corrected chi connectivity index (χ0v) is 18.1. The molecule has 0 aliphatic heterocycles. The van der Waals surface area contributed by atoms with Crippen LogP contribution in [0, 0.1) is 5.92 Å². The van der Waals surface area contributed by atoms with Crippen LogP contribution in [0.5, 0.6) is 0 Å². The van der Waals surface area contributed by atoms with Crippen LogP contribution < -0.4 is 0 Å². The first kappa shape index (κ1) is 24.4. The molecule has 0 heterocycles. The van der Waals surface area contributed by atoms with E-state index in [2.05, 4.69) is 6.58 Å². The Morgan fingerprint density at radius 2 is 1.80 bits per heavy atom. The second-order valence-corrected chi connectivity index (χ2v) is 8.12. The molecular weight excluding hydrogens is 393 g/mol. The molecule has 1 aliphatic carbocycles. The highest BCUT2D eigenvalue weighted by atomic mass is 19.4. The van der Waals surface area contributed by atoms with Crippen LogP contribution in [0.2, 0.25) is 0 Å². The van der Waals surface area contributed by atoms with Gasteiger partial charge >= 0.3 is 6.18 Å². The molecule has 3 atom stereocenters. The van der Waals surface area contributed by atoms with Crippen molar-refractivity contribution in [3.63, 3.8) is 0 Å². The number of carbonyl (C=O) groups is 1. The molecule has 1 aromatic carbocycles. The van der Waals surface area contributed by atoms with E-state index in [1.54, 1.807) is 13.0 Å². The minimum atomic E-state index is -4.75. The van der Waals surface area contributed by atoms with Crippen LogP contribution in [0.4, 0.5) is 13.2 Å². The lowest BCUT2D eigenvalue weighted by molar-refractivity contribution is -0.394. The molecule has 0 amide bonds. The first-order valence-electron chi connectivity index (χ1n) is 10.2. The predicted octanol–water partition coefficient (Wildman–Crippen LogP) is 6.50. The molecule has 2 rings (SSSR count). The molecule has 0 fully saturated rings. The molecule has 6 heteroatoms. The minimum Gasteiger partial charge on any atom is -0.342 e. The van der Waals surface area contributed by atoms with Crippen molar-refractivity contribution >= 4 is 5.78 Å². The van der Waals surface area contributed by atoms with Crippen molar-refractivity contribution in [1.82, 2.24) is 0 Å². The number of Topliss-reactive ketones (excluding diaryl/α,β-unsaturated/α-hetero) is 1. The lowest BCUT2D eigenvalue weighted by Gasteiger charge is -2.37. The molecule has 0 saturated carbocycles. The summed E-state index contributed by atoms with van der Waals surface area (Å²) in [6.45, 7) is 9.50. The fourth-order valence-electron chi connectivity index (χ4n) is 3.91. The van der Waals surface area contributed by atoms with Gasteiger partial charge in [0.2, 0.25) is 0 Å². The Balaban J connectivity index is 2.12. The number of hydrogen-bond acceptors (Lipinski definition) is 3. The molecule has 30 heavy (non-hydrogen) atoms. The van der Waals surface area contributed by atoms with Gasteiger partial charge in [0.05, 0.1) is 6.10 Å². The van der Waals surface area contributed by atoms with Crippen LogP contribution in [0.15, 0.2) is 53.6 Å². The molecule has 1 unspecified atom stereocenters. The fourth-order valence-corrected chi connectivity index (χ4v) is 3.91. The van der Waals surface area contributed by atoms with E-state index in [1.165, 1.54) is 24.3 Å². The van der Waals surface area contributed by atoms with Gasteiger partial charge in [-0.15, -0.1) is 0 Å². The Bertz CT molecular complexity index is 783. The van der Waals surface area contributed by atoms with Gasteiger partial charge in [-0.05, 0) is 57.9 Å². The molecule has 1 aromatic rings. The fraction of sp³-hybridized carbons (Fsp3) is 0.542. The van der Waals surface area contributed by atoms with E-state index in [0.29, 0.717) is 25.7 Å². The van der Waals surface area contributed by atoms with E-state index < -0.39 is 18.1 Å². The van der Waals surface area contributed by atoms with Gasteiger partial charge in [-0.3, -0.25) is 4.79 Å². The Labute approximate surface area is 177 Å². The van der Waals surface area contributed by atoms with Crippen molar-refractivity contribution in [2.75, 3.05) is 7.11 Å². The van der Waals surface area contributed by atoms with Crippen LogP contribution in [0.1, 0.15) is 58.4 Å². The van der Waals surface area contributed by atoms with Gasteiger partial charge in [-0.1, -0.05) is 48.1 Å². The molecule has 0 radical (unpaired) electrons. The molecule has 0 N–H and O–H groups in total. The first-order valence-corrected chi connectivity index (χ1v) is 10.2. The van der Waals surface area contributed by atoms with Crippen molar-refractivity contribution in [3.05, 3.63) is 59.2 Å². The van der Waals surface area contributed by atoms with Gasteiger partial charge in [0, 0.05) is 19.1 Å². The maximum atomic E-state index is 14.0. The van der Waals surface area contributed by atoms with Crippen LogP contribution >= 0.6 is 0 Å². The molecular formula is C24H31F3O3. The normalized spacial score (nSPS) is 19.0. The van der Waals surface area contributed by atoms with Crippen molar-refractivity contribution in [1.29, 1.82) is 0 Å².